The molecule has 0 aliphatic carbocycles. The van der Waals surface area contributed by atoms with Crippen LogP contribution in [0.1, 0.15) is 20.7 Å². The highest BCUT2D eigenvalue weighted by Crippen LogP contribution is 2.34. The topological polar surface area (TPSA) is 76.3 Å². The summed E-state index contributed by atoms with van der Waals surface area (Å²) < 4.78 is 0.849. The number of imide groups is 1. The molecule has 3 aromatic rings. The molecule has 1 aliphatic rings. The molecule has 0 unspecified atom stereocenters. The van der Waals surface area contributed by atoms with Crippen LogP contribution in [0.2, 0.25) is 0 Å². The molecule has 2 heterocycles. The molecule has 0 bridgehead atoms. The van der Waals surface area contributed by atoms with E-state index in [-0.39, 0.29) is 11.8 Å². The molecule has 21 heavy (non-hydrogen) atoms. The highest BCUT2D eigenvalue weighted by Gasteiger charge is 2.38. The van der Waals surface area contributed by atoms with Crippen LogP contribution in [-0.4, -0.2) is 16.8 Å². The van der Waals surface area contributed by atoms with Crippen molar-refractivity contribution in [3.05, 3.63) is 53.6 Å². The smallest absolute Gasteiger partial charge is 0.268 e. The molecule has 102 valence electrons. The number of nitrogens with two attached hydrogens (primary N) is 1. The number of hydrogen-bond acceptors (Lipinski definition) is 5. The maximum absolute atomic E-state index is 12.4. The third kappa shape index (κ3) is 1.66. The summed E-state index contributed by atoms with van der Waals surface area (Å²) in [5, 5.41) is 0.377. The fourth-order valence-corrected chi connectivity index (χ4v) is 3.40. The van der Waals surface area contributed by atoms with Gasteiger partial charge >= 0.3 is 0 Å². The van der Waals surface area contributed by atoms with E-state index in [1.165, 1.54) is 11.3 Å². The van der Waals surface area contributed by atoms with Crippen molar-refractivity contribution in [2.24, 2.45) is 0 Å². The van der Waals surface area contributed by atoms with Crippen LogP contribution < -0.4 is 10.6 Å². The van der Waals surface area contributed by atoms with Gasteiger partial charge < -0.3 is 5.73 Å². The second-order valence-electron chi connectivity index (χ2n) is 4.71. The van der Waals surface area contributed by atoms with E-state index in [9.17, 15) is 9.59 Å². The average molecular weight is 295 g/mol. The molecule has 0 spiro atoms. The zero-order valence-electron chi connectivity index (χ0n) is 10.7. The maximum Gasteiger partial charge on any atom is 0.268 e. The zero-order valence-corrected chi connectivity index (χ0v) is 11.6. The maximum atomic E-state index is 12.4. The van der Waals surface area contributed by atoms with E-state index in [0.29, 0.717) is 21.9 Å². The molecule has 5 nitrogen and oxygen atoms in total. The van der Waals surface area contributed by atoms with Crippen LogP contribution >= 0.6 is 11.3 Å². The molecular formula is C15H9N3O2S. The molecule has 0 saturated heterocycles. The first-order chi connectivity index (χ1) is 10.1. The summed E-state index contributed by atoms with van der Waals surface area (Å²) in [4.78, 5) is 30.3. The molecule has 4 rings (SSSR count). The Kier molecular flexibility index (Phi) is 2.37. The molecule has 0 atom stereocenters. The lowest BCUT2D eigenvalue weighted by atomic mass is 10.1. The van der Waals surface area contributed by atoms with Gasteiger partial charge in [-0.05, 0) is 30.3 Å². The Balaban J connectivity index is 1.86. The Bertz CT molecular complexity index is 881. The van der Waals surface area contributed by atoms with Crippen molar-refractivity contribution in [3.63, 3.8) is 0 Å². The summed E-state index contributed by atoms with van der Waals surface area (Å²) >= 11 is 1.28. The monoisotopic (exact) mass is 295 g/mol. The first-order valence-electron chi connectivity index (χ1n) is 6.29. The Morgan fingerprint density at radius 2 is 1.67 bits per heavy atom. The van der Waals surface area contributed by atoms with Crippen LogP contribution in [0.15, 0.2) is 42.5 Å². The third-order valence-electron chi connectivity index (χ3n) is 3.39. The van der Waals surface area contributed by atoms with E-state index >= 15 is 0 Å². The third-order valence-corrected chi connectivity index (χ3v) is 4.39. The molecule has 0 saturated carbocycles. The predicted molar refractivity (Wildman–Crippen MR) is 81.6 cm³/mol. The molecule has 2 amide bonds. The molecular weight excluding hydrogens is 286 g/mol. The van der Waals surface area contributed by atoms with Gasteiger partial charge in [-0.1, -0.05) is 23.5 Å². The van der Waals surface area contributed by atoms with E-state index in [0.717, 1.165) is 15.1 Å². The molecule has 6 heteroatoms. The van der Waals surface area contributed by atoms with Gasteiger partial charge in [0.15, 0.2) is 0 Å². The number of hydrogen-bond donors (Lipinski definition) is 1. The van der Waals surface area contributed by atoms with E-state index < -0.39 is 0 Å². The van der Waals surface area contributed by atoms with Crippen LogP contribution in [-0.2, 0) is 0 Å². The minimum atomic E-state index is -0.331. The molecule has 0 fully saturated rings. The van der Waals surface area contributed by atoms with Crippen LogP contribution in [0.4, 0.5) is 10.8 Å². The minimum Gasteiger partial charge on any atom is -0.399 e. The summed E-state index contributed by atoms with van der Waals surface area (Å²) in [6.07, 6.45) is 0. The Labute approximate surface area is 123 Å². The first-order valence-corrected chi connectivity index (χ1v) is 7.11. The number of nitrogen functional groups attached to an aromatic ring is 1. The standard InChI is InChI=1S/C15H9N3O2S/c16-8-5-6-11-12(7-8)21-15(17-11)18-13(19)9-3-1-2-4-10(9)14(18)20/h1-7H,16H2. The molecule has 1 aliphatic heterocycles. The second kappa shape index (κ2) is 4.13. The van der Waals surface area contributed by atoms with Crippen molar-refractivity contribution in [2.45, 2.75) is 0 Å². The van der Waals surface area contributed by atoms with Gasteiger partial charge in [0.25, 0.3) is 11.8 Å². The Morgan fingerprint density at radius 3 is 2.33 bits per heavy atom. The van der Waals surface area contributed by atoms with Gasteiger partial charge in [-0.25, -0.2) is 9.88 Å². The average Bonchev–Trinajstić information content (AvgIpc) is 2.99. The summed E-state index contributed by atoms with van der Waals surface area (Å²) in [7, 11) is 0. The van der Waals surface area contributed by atoms with Crippen LogP contribution in [0.3, 0.4) is 0 Å². The fourth-order valence-electron chi connectivity index (χ4n) is 2.39. The number of rotatable bonds is 1. The van der Waals surface area contributed by atoms with E-state index in [4.69, 9.17) is 5.73 Å². The number of anilines is 2. The van der Waals surface area contributed by atoms with Crippen molar-refractivity contribution >= 4 is 44.2 Å². The predicted octanol–water partition coefficient (Wildman–Crippen LogP) is 2.68. The molecule has 0 radical (unpaired) electrons. The number of carbonyl (C=O) groups is 2. The van der Waals surface area contributed by atoms with Crippen molar-refractivity contribution in [2.75, 3.05) is 10.6 Å². The summed E-state index contributed by atoms with van der Waals surface area (Å²) in [6, 6.07) is 12.1. The van der Waals surface area contributed by atoms with Crippen LogP contribution in [0.5, 0.6) is 0 Å². The van der Waals surface area contributed by atoms with Gasteiger partial charge in [0, 0.05) is 5.69 Å². The van der Waals surface area contributed by atoms with Crippen LogP contribution in [0, 0.1) is 0 Å². The largest absolute Gasteiger partial charge is 0.399 e. The van der Waals surface area contributed by atoms with E-state index in [2.05, 4.69) is 4.98 Å². The number of carbonyl (C=O) groups excluding carboxylic acids is 2. The summed E-state index contributed by atoms with van der Waals surface area (Å²) in [5.74, 6) is -0.662. The van der Waals surface area contributed by atoms with Gasteiger partial charge in [0.05, 0.1) is 21.3 Å². The fraction of sp³-hybridized carbons (Fsp3) is 0. The quantitative estimate of drug-likeness (QED) is 0.553. The van der Waals surface area contributed by atoms with Gasteiger partial charge in [0.1, 0.15) is 0 Å². The SMILES string of the molecule is Nc1ccc2nc(N3C(=O)c4ccccc4C3=O)sc2c1. The van der Waals surface area contributed by atoms with Gasteiger partial charge in [0.2, 0.25) is 5.13 Å². The highest BCUT2D eigenvalue weighted by molar-refractivity contribution is 7.22. The van der Waals surface area contributed by atoms with Gasteiger partial charge in [-0.2, -0.15) is 0 Å². The number of nitrogens with zero attached hydrogens (tertiary/aromatic N) is 2. The van der Waals surface area contributed by atoms with Crippen LogP contribution in [0.25, 0.3) is 10.2 Å². The van der Waals surface area contributed by atoms with Gasteiger partial charge in [-0.15, -0.1) is 0 Å². The lowest BCUT2D eigenvalue weighted by Gasteiger charge is -2.08. The minimum absolute atomic E-state index is 0.331. The molecule has 1 aromatic heterocycles. The van der Waals surface area contributed by atoms with Crippen molar-refractivity contribution in [3.8, 4) is 0 Å². The van der Waals surface area contributed by atoms with Crippen molar-refractivity contribution < 1.29 is 9.59 Å². The highest BCUT2D eigenvalue weighted by atomic mass is 32.1. The zero-order chi connectivity index (χ0) is 14.6. The number of aromatic nitrogens is 1. The van der Waals surface area contributed by atoms with E-state index in [1.807, 2.05) is 0 Å². The Morgan fingerprint density at radius 1 is 1.00 bits per heavy atom. The lowest BCUT2D eigenvalue weighted by molar-refractivity contribution is 0.0926. The Hall–Kier alpha value is -2.73. The van der Waals surface area contributed by atoms with Gasteiger partial charge in [-0.3, -0.25) is 9.59 Å². The summed E-state index contributed by atoms with van der Waals surface area (Å²) in [5.41, 5.74) is 7.93. The number of fused-ring (bicyclic) bond motifs is 2. The second-order valence-corrected chi connectivity index (χ2v) is 5.72. The number of thiazole rings is 1. The van der Waals surface area contributed by atoms with Crippen molar-refractivity contribution in [1.29, 1.82) is 0 Å². The molecule has 2 N–H and O–H groups in total. The van der Waals surface area contributed by atoms with E-state index in [1.54, 1.807) is 42.5 Å². The normalized spacial score (nSPS) is 14.0. The lowest BCUT2D eigenvalue weighted by Crippen LogP contribution is -2.29. The molecule has 2 aromatic carbocycles. The summed E-state index contributed by atoms with van der Waals surface area (Å²) in [6.45, 7) is 0. The number of benzene rings is 2. The number of amides is 2. The van der Waals surface area contributed by atoms with Crippen molar-refractivity contribution in [1.82, 2.24) is 4.98 Å². The first kappa shape index (κ1) is 12.0.